The zero-order chi connectivity index (χ0) is 19.3. The first-order valence-electron chi connectivity index (χ1n) is 7.41. The number of amides is 1. The van der Waals surface area contributed by atoms with Crippen molar-refractivity contribution < 1.29 is 14.5 Å². The van der Waals surface area contributed by atoms with Gasteiger partial charge in [0.05, 0.1) is 6.61 Å². The Balaban J connectivity index is 2.02. The van der Waals surface area contributed by atoms with E-state index in [1.165, 1.54) is 4.57 Å². The third kappa shape index (κ3) is 5.31. The van der Waals surface area contributed by atoms with Gasteiger partial charge in [-0.05, 0) is 17.1 Å². The quantitative estimate of drug-likeness (QED) is 0.320. The summed E-state index contributed by atoms with van der Waals surface area (Å²) in [6.07, 6.45) is -0.0954. The van der Waals surface area contributed by atoms with Gasteiger partial charge in [0.15, 0.2) is 12.1 Å². The normalized spacial score (nSPS) is 12.6. The highest BCUT2D eigenvalue weighted by Gasteiger charge is 2.35. The number of alkyl halides is 3. The second kappa shape index (κ2) is 8.68. The third-order valence-corrected chi connectivity index (χ3v) is 4.01. The van der Waals surface area contributed by atoms with Gasteiger partial charge >= 0.3 is 5.82 Å². The number of hydrogen-bond acceptors (Lipinski definition) is 5. The average Bonchev–Trinajstić information content (AvgIpc) is 2.95. The smallest absolute Gasteiger partial charge is 0.342 e. The standard InChI is InChI=1S/C15H15Cl3N4O4/c1-10-19-9-12(22(24)25)21(10)7-8-26-14(15(16,17)18)20-13(23)11-5-3-2-4-6-11/h2-6,9,14H,7-8H2,1H3,(H,20,23)/t14-/m0/s1. The van der Waals surface area contributed by atoms with E-state index >= 15 is 0 Å². The molecule has 1 atom stereocenters. The number of rotatable bonds is 7. The number of hydrogen-bond donors (Lipinski definition) is 1. The molecule has 0 saturated heterocycles. The molecule has 1 aromatic heterocycles. The molecular weight excluding hydrogens is 407 g/mol. The molecule has 0 spiro atoms. The number of nitrogens with zero attached hydrogens (tertiary/aromatic N) is 3. The van der Waals surface area contributed by atoms with Crippen LogP contribution in [0.2, 0.25) is 0 Å². The van der Waals surface area contributed by atoms with E-state index in [9.17, 15) is 14.9 Å². The van der Waals surface area contributed by atoms with Gasteiger partial charge in [0.1, 0.15) is 12.7 Å². The number of carbonyl (C=O) groups excluding carboxylic acids is 1. The van der Waals surface area contributed by atoms with E-state index in [0.29, 0.717) is 11.4 Å². The van der Waals surface area contributed by atoms with Crippen molar-refractivity contribution in [2.24, 2.45) is 0 Å². The molecule has 1 amide bonds. The lowest BCUT2D eigenvalue weighted by molar-refractivity contribution is -0.392. The Bertz CT molecular complexity index is 777. The SMILES string of the molecule is Cc1ncc([N+](=O)[O-])n1CCO[C@H](NC(=O)c1ccccc1)C(Cl)(Cl)Cl. The Morgan fingerprint density at radius 1 is 1.38 bits per heavy atom. The molecule has 1 heterocycles. The number of benzene rings is 1. The molecule has 11 heteroatoms. The fraction of sp³-hybridized carbons (Fsp3) is 0.333. The number of carbonyl (C=O) groups is 1. The molecule has 0 aliphatic carbocycles. The summed E-state index contributed by atoms with van der Waals surface area (Å²) < 4.78 is 4.89. The predicted molar refractivity (Wildman–Crippen MR) is 97.6 cm³/mol. The molecule has 0 aliphatic rings. The zero-order valence-corrected chi connectivity index (χ0v) is 15.8. The van der Waals surface area contributed by atoms with E-state index in [2.05, 4.69) is 10.3 Å². The molecule has 8 nitrogen and oxygen atoms in total. The second-order valence-corrected chi connectivity index (χ2v) is 7.57. The number of nitrogens with one attached hydrogen (secondary N) is 1. The van der Waals surface area contributed by atoms with Crippen LogP contribution in [0.25, 0.3) is 0 Å². The van der Waals surface area contributed by atoms with Gasteiger partial charge in [0.25, 0.3) is 5.91 Å². The van der Waals surface area contributed by atoms with Crippen molar-refractivity contribution in [3.8, 4) is 0 Å². The van der Waals surface area contributed by atoms with E-state index in [4.69, 9.17) is 39.5 Å². The Labute approximate surface area is 164 Å². The Morgan fingerprint density at radius 2 is 2.04 bits per heavy atom. The van der Waals surface area contributed by atoms with Crippen LogP contribution in [0, 0.1) is 17.0 Å². The average molecular weight is 422 g/mol. The number of aryl methyl sites for hydroxylation is 1. The fourth-order valence-corrected chi connectivity index (χ4v) is 2.50. The van der Waals surface area contributed by atoms with Crippen molar-refractivity contribution in [2.45, 2.75) is 23.5 Å². The lowest BCUT2D eigenvalue weighted by atomic mass is 10.2. The van der Waals surface area contributed by atoms with Gasteiger partial charge in [0.2, 0.25) is 3.79 Å². The highest BCUT2D eigenvalue weighted by Crippen LogP contribution is 2.31. The van der Waals surface area contributed by atoms with Gasteiger partial charge in [-0.2, -0.15) is 0 Å². The van der Waals surface area contributed by atoms with Gasteiger partial charge < -0.3 is 20.2 Å². The molecule has 0 bridgehead atoms. The van der Waals surface area contributed by atoms with Crippen molar-refractivity contribution in [3.05, 3.63) is 58.0 Å². The van der Waals surface area contributed by atoms with Gasteiger partial charge in [-0.15, -0.1) is 0 Å². The minimum atomic E-state index is -1.93. The first-order chi connectivity index (χ1) is 12.2. The molecule has 140 valence electrons. The number of ether oxygens (including phenoxy) is 1. The van der Waals surface area contributed by atoms with Crippen molar-refractivity contribution >= 4 is 46.5 Å². The Morgan fingerprint density at radius 3 is 2.62 bits per heavy atom. The number of halogens is 3. The first kappa shape index (κ1) is 20.4. The summed E-state index contributed by atoms with van der Waals surface area (Å²) >= 11 is 17.6. The van der Waals surface area contributed by atoms with Crippen LogP contribution in [0.1, 0.15) is 16.2 Å². The molecule has 1 aromatic carbocycles. The molecule has 2 aromatic rings. The number of nitro groups is 1. The maximum absolute atomic E-state index is 12.2. The number of imidazole rings is 1. The largest absolute Gasteiger partial charge is 0.358 e. The summed E-state index contributed by atoms with van der Waals surface area (Å²) in [4.78, 5) is 26.5. The van der Waals surface area contributed by atoms with Gasteiger partial charge in [-0.1, -0.05) is 53.0 Å². The summed E-state index contributed by atoms with van der Waals surface area (Å²) in [7, 11) is 0. The predicted octanol–water partition coefficient (Wildman–Crippen LogP) is 3.24. The molecule has 0 aliphatic heterocycles. The van der Waals surface area contributed by atoms with Crippen LogP contribution >= 0.6 is 34.8 Å². The Kier molecular flexibility index (Phi) is 6.82. The van der Waals surface area contributed by atoms with Crippen LogP contribution in [0.5, 0.6) is 0 Å². The highest BCUT2D eigenvalue weighted by molar-refractivity contribution is 6.68. The molecule has 0 radical (unpaired) electrons. The third-order valence-electron chi connectivity index (χ3n) is 3.42. The van der Waals surface area contributed by atoms with Crippen LogP contribution in [-0.4, -0.2) is 37.0 Å². The maximum atomic E-state index is 12.2. The summed E-state index contributed by atoms with van der Waals surface area (Å²) in [5.41, 5.74) is 0.372. The van der Waals surface area contributed by atoms with E-state index < -0.39 is 20.9 Å². The monoisotopic (exact) mass is 420 g/mol. The lowest BCUT2D eigenvalue weighted by Gasteiger charge is -2.25. The molecule has 2 rings (SSSR count). The van der Waals surface area contributed by atoms with E-state index in [-0.39, 0.29) is 19.0 Å². The van der Waals surface area contributed by atoms with Crippen LogP contribution < -0.4 is 5.32 Å². The van der Waals surface area contributed by atoms with E-state index in [1.807, 2.05) is 0 Å². The lowest BCUT2D eigenvalue weighted by Crippen LogP contribution is -2.46. The van der Waals surface area contributed by atoms with Crippen molar-refractivity contribution in [2.75, 3.05) is 6.61 Å². The van der Waals surface area contributed by atoms with Gasteiger partial charge in [0, 0.05) is 12.5 Å². The van der Waals surface area contributed by atoms with Crippen molar-refractivity contribution in [3.63, 3.8) is 0 Å². The van der Waals surface area contributed by atoms with Crippen LogP contribution in [-0.2, 0) is 11.3 Å². The minimum absolute atomic E-state index is 0.0499. The van der Waals surface area contributed by atoms with Gasteiger partial charge in [-0.3, -0.25) is 4.79 Å². The fourth-order valence-electron chi connectivity index (χ4n) is 2.15. The van der Waals surface area contributed by atoms with Crippen LogP contribution in [0.15, 0.2) is 36.5 Å². The zero-order valence-electron chi connectivity index (χ0n) is 13.6. The van der Waals surface area contributed by atoms with Crippen LogP contribution in [0.3, 0.4) is 0 Å². The molecular formula is C15H15Cl3N4O4. The Hall–Kier alpha value is -1.87. The molecule has 26 heavy (non-hydrogen) atoms. The van der Waals surface area contributed by atoms with E-state index in [1.54, 1.807) is 37.3 Å². The maximum Gasteiger partial charge on any atom is 0.342 e. The highest BCUT2D eigenvalue weighted by atomic mass is 35.6. The first-order valence-corrected chi connectivity index (χ1v) is 8.54. The van der Waals surface area contributed by atoms with Crippen molar-refractivity contribution in [1.29, 1.82) is 0 Å². The summed E-state index contributed by atoms with van der Waals surface area (Å²) in [5, 5.41) is 13.5. The van der Waals surface area contributed by atoms with Gasteiger partial charge in [-0.25, -0.2) is 9.55 Å². The second-order valence-electron chi connectivity index (χ2n) is 5.20. The molecule has 0 saturated carbocycles. The summed E-state index contributed by atoms with van der Waals surface area (Å²) in [6, 6.07) is 8.36. The molecule has 0 fully saturated rings. The van der Waals surface area contributed by atoms with Crippen LogP contribution in [0.4, 0.5) is 5.82 Å². The molecule has 0 unspecified atom stereocenters. The van der Waals surface area contributed by atoms with Crippen molar-refractivity contribution in [1.82, 2.24) is 14.9 Å². The van der Waals surface area contributed by atoms with E-state index in [0.717, 1.165) is 6.20 Å². The summed E-state index contributed by atoms with van der Waals surface area (Å²) in [6.45, 7) is 1.67. The summed E-state index contributed by atoms with van der Waals surface area (Å²) in [5.74, 6) is -0.212. The minimum Gasteiger partial charge on any atom is -0.358 e. The topological polar surface area (TPSA) is 99.3 Å². The molecule has 1 N–H and O–H groups in total. The number of aromatic nitrogens is 2.